The fourth-order valence-electron chi connectivity index (χ4n) is 7.86. The highest BCUT2D eigenvalue weighted by Crippen LogP contribution is 2.73. The van der Waals surface area contributed by atoms with Crippen molar-refractivity contribution in [1.82, 2.24) is 0 Å². The summed E-state index contributed by atoms with van der Waals surface area (Å²) in [5, 5.41) is 0. The third kappa shape index (κ3) is 2.91. The van der Waals surface area contributed by atoms with Gasteiger partial charge in [-0.15, -0.1) is 0 Å². The summed E-state index contributed by atoms with van der Waals surface area (Å²) >= 11 is 0. The van der Waals surface area contributed by atoms with E-state index in [9.17, 15) is 0 Å². The van der Waals surface area contributed by atoms with Gasteiger partial charge in [0.25, 0.3) is 0 Å². The van der Waals surface area contributed by atoms with Gasteiger partial charge >= 0.3 is 0 Å². The van der Waals surface area contributed by atoms with Crippen molar-refractivity contribution in [1.29, 1.82) is 0 Å². The van der Waals surface area contributed by atoms with E-state index in [0.29, 0.717) is 21.7 Å². The van der Waals surface area contributed by atoms with Crippen molar-refractivity contribution in [3.05, 3.63) is 0 Å². The molecule has 3 aliphatic rings. The van der Waals surface area contributed by atoms with Gasteiger partial charge in [-0.1, -0.05) is 72.6 Å². The number of hydrogen-bond acceptors (Lipinski definition) is 0. The molecule has 0 aromatic heterocycles. The molecule has 0 aromatic rings. The van der Waals surface area contributed by atoms with Crippen LogP contribution in [0, 0.1) is 21.7 Å². The van der Waals surface area contributed by atoms with Gasteiger partial charge in [0.05, 0.1) is 0 Å². The summed E-state index contributed by atoms with van der Waals surface area (Å²) in [6.45, 7) is 10.5. The second-order valence-corrected chi connectivity index (χ2v) is 10.6. The first-order chi connectivity index (χ1) is 10.9. The molecule has 134 valence electrons. The van der Waals surface area contributed by atoms with Crippen LogP contribution in [0.4, 0.5) is 0 Å². The monoisotopic (exact) mass is 318 g/mol. The molecule has 0 aromatic carbocycles. The lowest BCUT2D eigenvalue weighted by Gasteiger charge is -2.62. The van der Waals surface area contributed by atoms with Crippen LogP contribution >= 0.6 is 0 Å². The third-order valence-corrected chi connectivity index (χ3v) is 8.93. The smallest absolute Gasteiger partial charge is 0.0189 e. The molecule has 3 unspecified atom stereocenters. The Hall–Kier alpha value is 0. The van der Waals surface area contributed by atoms with Crippen LogP contribution < -0.4 is 0 Å². The summed E-state index contributed by atoms with van der Waals surface area (Å²) in [7, 11) is 0. The SMILES string of the molecule is CCCC1(C)CCC2(C3(C)CCCCCCC3)CCCC2(C)C1. The normalized spacial score (nSPS) is 44.3. The fourth-order valence-corrected chi connectivity index (χ4v) is 7.86. The topological polar surface area (TPSA) is 0 Å². The molecule has 0 N–H and O–H groups in total. The summed E-state index contributed by atoms with van der Waals surface area (Å²) in [4.78, 5) is 0. The van der Waals surface area contributed by atoms with Crippen LogP contribution in [0.3, 0.4) is 0 Å². The highest BCUT2D eigenvalue weighted by Gasteiger charge is 2.63. The maximum absolute atomic E-state index is 2.73. The Kier molecular flexibility index (Phi) is 4.94. The minimum Gasteiger partial charge on any atom is -0.0654 e. The molecule has 23 heavy (non-hydrogen) atoms. The van der Waals surface area contributed by atoms with Crippen LogP contribution in [0.25, 0.3) is 0 Å². The molecule has 0 nitrogen and oxygen atoms in total. The van der Waals surface area contributed by atoms with Crippen molar-refractivity contribution < 1.29 is 0 Å². The van der Waals surface area contributed by atoms with Crippen molar-refractivity contribution in [2.45, 2.75) is 124 Å². The highest BCUT2D eigenvalue weighted by molar-refractivity contribution is 5.13. The molecule has 0 amide bonds. The van der Waals surface area contributed by atoms with Crippen molar-refractivity contribution in [3.8, 4) is 0 Å². The van der Waals surface area contributed by atoms with Crippen molar-refractivity contribution in [2.24, 2.45) is 21.7 Å². The van der Waals surface area contributed by atoms with E-state index in [-0.39, 0.29) is 0 Å². The second-order valence-electron chi connectivity index (χ2n) is 10.6. The Labute approximate surface area is 146 Å². The lowest BCUT2D eigenvalue weighted by molar-refractivity contribution is -0.128. The summed E-state index contributed by atoms with van der Waals surface area (Å²) in [5.41, 5.74) is 2.56. The number of fused-ring (bicyclic) bond motifs is 1. The number of hydrogen-bond donors (Lipinski definition) is 0. The molecular formula is C23H42. The second kappa shape index (κ2) is 6.38. The molecule has 0 bridgehead atoms. The molecular weight excluding hydrogens is 276 g/mol. The van der Waals surface area contributed by atoms with E-state index in [0.717, 1.165) is 0 Å². The zero-order valence-corrected chi connectivity index (χ0v) is 16.6. The maximum atomic E-state index is 2.73. The molecule has 3 saturated carbocycles. The predicted molar refractivity (Wildman–Crippen MR) is 102 cm³/mol. The average molecular weight is 319 g/mol. The molecule has 0 heteroatoms. The largest absolute Gasteiger partial charge is 0.0654 e. The minimum atomic E-state index is 0.628. The average Bonchev–Trinajstić information content (AvgIpc) is 2.80. The van der Waals surface area contributed by atoms with Crippen molar-refractivity contribution in [3.63, 3.8) is 0 Å². The molecule has 0 radical (unpaired) electrons. The van der Waals surface area contributed by atoms with Crippen molar-refractivity contribution >= 4 is 0 Å². The Morgan fingerprint density at radius 3 is 1.87 bits per heavy atom. The first-order valence-electron chi connectivity index (χ1n) is 10.9. The Bertz CT molecular complexity index is 402. The van der Waals surface area contributed by atoms with Gasteiger partial charge in [0.15, 0.2) is 0 Å². The van der Waals surface area contributed by atoms with Gasteiger partial charge in [-0.2, -0.15) is 0 Å². The van der Waals surface area contributed by atoms with Gasteiger partial charge in [0.2, 0.25) is 0 Å². The van der Waals surface area contributed by atoms with Gasteiger partial charge in [-0.05, 0) is 73.0 Å². The van der Waals surface area contributed by atoms with Crippen molar-refractivity contribution in [2.75, 3.05) is 0 Å². The molecule has 0 heterocycles. The Balaban J connectivity index is 1.89. The molecule has 3 aliphatic carbocycles. The lowest BCUT2D eigenvalue weighted by atomic mass is 9.42. The summed E-state index contributed by atoms with van der Waals surface area (Å²) in [6.07, 6.45) is 22.5. The van der Waals surface area contributed by atoms with Gasteiger partial charge < -0.3 is 0 Å². The summed E-state index contributed by atoms with van der Waals surface area (Å²) < 4.78 is 0. The van der Waals surface area contributed by atoms with Crippen LogP contribution in [0.1, 0.15) is 124 Å². The van der Waals surface area contributed by atoms with E-state index in [4.69, 9.17) is 0 Å². The van der Waals surface area contributed by atoms with E-state index in [2.05, 4.69) is 27.7 Å². The molecule has 0 aliphatic heterocycles. The van der Waals surface area contributed by atoms with Crippen LogP contribution in [0.15, 0.2) is 0 Å². The molecule has 0 spiro atoms. The van der Waals surface area contributed by atoms with Gasteiger partial charge in [-0.25, -0.2) is 0 Å². The molecule has 3 fully saturated rings. The first-order valence-corrected chi connectivity index (χ1v) is 10.9. The van der Waals surface area contributed by atoms with E-state index in [1.54, 1.807) is 6.42 Å². The zero-order chi connectivity index (χ0) is 16.6. The van der Waals surface area contributed by atoms with Gasteiger partial charge in [0, 0.05) is 0 Å². The van der Waals surface area contributed by atoms with E-state index >= 15 is 0 Å². The first kappa shape index (κ1) is 17.8. The zero-order valence-electron chi connectivity index (χ0n) is 16.6. The quantitative estimate of drug-likeness (QED) is 0.496. The summed E-state index contributed by atoms with van der Waals surface area (Å²) in [6, 6.07) is 0. The van der Waals surface area contributed by atoms with Crippen LogP contribution in [0.2, 0.25) is 0 Å². The van der Waals surface area contributed by atoms with E-state index in [1.807, 2.05) is 0 Å². The van der Waals surface area contributed by atoms with Crippen LogP contribution in [-0.4, -0.2) is 0 Å². The predicted octanol–water partition coefficient (Wildman–Crippen LogP) is 7.90. The lowest BCUT2D eigenvalue weighted by Crippen LogP contribution is -2.53. The van der Waals surface area contributed by atoms with Gasteiger partial charge in [0.1, 0.15) is 0 Å². The third-order valence-electron chi connectivity index (χ3n) is 8.93. The maximum Gasteiger partial charge on any atom is -0.0189 e. The Morgan fingerprint density at radius 1 is 0.609 bits per heavy atom. The highest BCUT2D eigenvalue weighted by atomic mass is 14.7. The molecule has 3 atom stereocenters. The summed E-state index contributed by atoms with van der Waals surface area (Å²) in [5.74, 6) is 0. The van der Waals surface area contributed by atoms with Gasteiger partial charge in [-0.3, -0.25) is 0 Å². The minimum absolute atomic E-state index is 0.628. The Morgan fingerprint density at radius 2 is 1.22 bits per heavy atom. The van der Waals surface area contributed by atoms with Crippen LogP contribution in [0.5, 0.6) is 0 Å². The van der Waals surface area contributed by atoms with E-state index < -0.39 is 0 Å². The standard InChI is InChI=1S/C23H42/c1-5-12-20(2)17-18-23(16-11-15-22(23,4)19-20)21(3)13-9-7-6-8-10-14-21/h5-19H2,1-4H3. The van der Waals surface area contributed by atoms with E-state index in [1.165, 1.54) is 89.9 Å². The number of rotatable bonds is 3. The molecule has 3 rings (SSSR count). The van der Waals surface area contributed by atoms with Crippen LogP contribution in [-0.2, 0) is 0 Å². The molecule has 0 saturated heterocycles. The fraction of sp³-hybridized carbons (Fsp3) is 1.00.